The van der Waals surface area contributed by atoms with Crippen molar-refractivity contribution in [3.05, 3.63) is 69.7 Å². The van der Waals surface area contributed by atoms with E-state index in [9.17, 15) is 14.4 Å². The van der Waals surface area contributed by atoms with Crippen LogP contribution in [0.3, 0.4) is 0 Å². The Morgan fingerprint density at radius 3 is 2.30 bits per heavy atom. The maximum absolute atomic E-state index is 12.6. The summed E-state index contributed by atoms with van der Waals surface area (Å²) in [6, 6.07) is 13.0. The number of amides is 3. The Balaban J connectivity index is 1.27. The maximum atomic E-state index is 12.6. The molecule has 4 rings (SSSR count). The number of aryl methyl sites for hydroxylation is 1. The Bertz CT molecular complexity index is 982. The number of halogens is 1. The van der Waals surface area contributed by atoms with Crippen LogP contribution in [0.15, 0.2) is 42.5 Å². The summed E-state index contributed by atoms with van der Waals surface area (Å²) in [5.74, 6) is -0.635. The van der Waals surface area contributed by atoms with E-state index in [1.165, 1.54) is 10.5 Å². The van der Waals surface area contributed by atoms with Crippen LogP contribution in [0.2, 0.25) is 5.02 Å². The molecule has 6 nitrogen and oxygen atoms in total. The third-order valence-corrected chi connectivity index (χ3v) is 5.97. The fourth-order valence-electron chi connectivity index (χ4n) is 3.98. The van der Waals surface area contributed by atoms with Crippen LogP contribution in [0.4, 0.5) is 0 Å². The number of carbonyl (C=O) groups is 3. The molecule has 0 atom stereocenters. The third-order valence-electron chi connectivity index (χ3n) is 5.72. The number of carbonyl (C=O) groups excluding carboxylic acids is 3. The van der Waals surface area contributed by atoms with Gasteiger partial charge < -0.3 is 4.90 Å². The van der Waals surface area contributed by atoms with Crippen molar-refractivity contribution in [2.75, 3.05) is 32.7 Å². The number of nitrogens with zero attached hydrogens (tertiary/aromatic N) is 3. The predicted molar refractivity (Wildman–Crippen MR) is 114 cm³/mol. The quantitative estimate of drug-likeness (QED) is 0.691. The van der Waals surface area contributed by atoms with Crippen LogP contribution in [-0.2, 0) is 11.3 Å². The second-order valence-corrected chi connectivity index (χ2v) is 8.28. The molecular formula is C23H24ClN3O3. The van der Waals surface area contributed by atoms with E-state index in [4.69, 9.17) is 11.6 Å². The van der Waals surface area contributed by atoms with Crippen molar-refractivity contribution in [3.63, 3.8) is 0 Å². The molecule has 1 saturated heterocycles. The van der Waals surface area contributed by atoms with Gasteiger partial charge in [0.1, 0.15) is 0 Å². The molecule has 0 aromatic heterocycles. The minimum Gasteiger partial charge on any atom is -0.340 e. The largest absolute Gasteiger partial charge is 0.340 e. The zero-order valence-corrected chi connectivity index (χ0v) is 17.7. The predicted octanol–water partition coefficient (Wildman–Crippen LogP) is 2.98. The van der Waals surface area contributed by atoms with Crippen molar-refractivity contribution >= 4 is 29.3 Å². The second kappa shape index (κ2) is 8.58. The monoisotopic (exact) mass is 425 g/mol. The Labute approximate surface area is 181 Å². The molecular weight excluding hydrogens is 402 g/mol. The van der Waals surface area contributed by atoms with Crippen LogP contribution in [0, 0.1) is 6.92 Å². The fraction of sp³-hybridized carbons (Fsp3) is 0.348. The average molecular weight is 426 g/mol. The van der Waals surface area contributed by atoms with Crippen molar-refractivity contribution < 1.29 is 14.4 Å². The van der Waals surface area contributed by atoms with Crippen LogP contribution in [0.25, 0.3) is 0 Å². The van der Waals surface area contributed by atoms with E-state index in [-0.39, 0.29) is 30.7 Å². The lowest BCUT2D eigenvalue weighted by Crippen LogP contribution is -2.49. The van der Waals surface area contributed by atoms with Crippen LogP contribution in [0.1, 0.15) is 38.3 Å². The number of fused-ring (bicyclic) bond motifs is 1. The van der Waals surface area contributed by atoms with E-state index < -0.39 is 0 Å². The van der Waals surface area contributed by atoms with Gasteiger partial charge in [-0.2, -0.15) is 0 Å². The highest BCUT2D eigenvalue weighted by atomic mass is 35.5. The molecule has 1 fully saturated rings. The molecule has 3 amide bonds. The van der Waals surface area contributed by atoms with Gasteiger partial charge >= 0.3 is 0 Å². The minimum absolute atomic E-state index is 0.0196. The summed E-state index contributed by atoms with van der Waals surface area (Å²) in [6.45, 7) is 5.71. The molecule has 156 valence electrons. The van der Waals surface area contributed by atoms with E-state index >= 15 is 0 Å². The number of hydrogen-bond donors (Lipinski definition) is 0. The summed E-state index contributed by atoms with van der Waals surface area (Å²) in [5.41, 5.74) is 2.99. The van der Waals surface area contributed by atoms with Gasteiger partial charge in [0.25, 0.3) is 11.8 Å². The molecule has 2 aromatic carbocycles. The lowest BCUT2D eigenvalue weighted by molar-refractivity contribution is -0.133. The van der Waals surface area contributed by atoms with Gasteiger partial charge in [0.05, 0.1) is 11.1 Å². The number of imide groups is 1. The van der Waals surface area contributed by atoms with Crippen LogP contribution < -0.4 is 0 Å². The molecule has 2 aliphatic rings. The van der Waals surface area contributed by atoms with Gasteiger partial charge in [-0.1, -0.05) is 35.4 Å². The summed E-state index contributed by atoms with van der Waals surface area (Å²) >= 11 is 5.93. The van der Waals surface area contributed by atoms with Crippen molar-refractivity contribution in [3.8, 4) is 0 Å². The molecule has 30 heavy (non-hydrogen) atoms. The number of piperazine rings is 1. The summed E-state index contributed by atoms with van der Waals surface area (Å²) in [4.78, 5) is 43.0. The lowest BCUT2D eigenvalue weighted by atomic mass is 10.1. The van der Waals surface area contributed by atoms with E-state index in [0.29, 0.717) is 24.2 Å². The van der Waals surface area contributed by atoms with Gasteiger partial charge in [-0.05, 0) is 36.8 Å². The third kappa shape index (κ3) is 4.25. The standard InChI is InChI=1S/C23H24ClN3O3/c1-16-2-7-19-20(14-16)23(30)27(22(19)29)9-8-21(28)26-12-10-25(11-13-26)15-17-3-5-18(24)6-4-17/h2-7,14H,8-13,15H2,1H3. The smallest absolute Gasteiger partial charge is 0.261 e. The van der Waals surface area contributed by atoms with Crippen molar-refractivity contribution in [1.82, 2.24) is 14.7 Å². The normalized spacial score (nSPS) is 16.9. The van der Waals surface area contributed by atoms with Crippen LogP contribution in [-0.4, -0.2) is 65.1 Å². The molecule has 2 aromatic rings. The summed E-state index contributed by atoms with van der Waals surface area (Å²) in [5, 5.41) is 0.724. The first kappa shape index (κ1) is 20.6. The van der Waals surface area contributed by atoms with E-state index in [1.54, 1.807) is 12.1 Å². The second-order valence-electron chi connectivity index (χ2n) is 7.84. The van der Waals surface area contributed by atoms with Crippen molar-refractivity contribution in [2.45, 2.75) is 19.9 Å². The fourth-order valence-corrected chi connectivity index (χ4v) is 4.10. The molecule has 0 saturated carbocycles. The Kier molecular flexibility index (Phi) is 5.88. The first-order valence-electron chi connectivity index (χ1n) is 10.1. The Morgan fingerprint density at radius 2 is 1.60 bits per heavy atom. The average Bonchev–Trinajstić information content (AvgIpc) is 2.98. The maximum Gasteiger partial charge on any atom is 0.261 e. The first-order valence-corrected chi connectivity index (χ1v) is 10.5. The van der Waals surface area contributed by atoms with Gasteiger partial charge in [0.15, 0.2) is 0 Å². The Hall–Kier alpha value is -2.70. The van der Waals surface area contributed by atoms with Gasteiger partial charge in [-0.15, -0.1) is 0 Å². The van der Waals surface area contributed by atoms with E-state index in [0.717, 1.165) is 30.2 Å². The molecule has 2 aliphatic heterocycles. The molecule has 2 heterocycles. The van der Waals surface area contributed by atoms with Crippen LogP contribution >= 0.6 is 11.6 Å². The highest BCUT2D eigenvalue weighted by Gasteiger charge is 2.35. The molecule has 0 radical (unpaired) electrons. The number of rotatable bonds is 5. The summed E-state index contributed by atoms with van der Waals surface area (Å²) < 4.78 is 0. The molecule has 7 heteroatoms. The minimum atomic E-state index is -0.310. The zero-order chi connectivity index (χ0) is 21.3. The topological polar surface area (TPSA) is 60.9 Å². The molecule has 0 aliphatic carbocycles. The van der Waals surface area contributed by atoms with Crippen molar-refractivity contribution in [2.24, 2.45) is 0 Å². The zero-order valence-electron chi connectivity index (χ0n) is 16.9. The highest BCUT2D eigenvalue weighted by molar-refractivity contribution is 6.30. The van der Waals surface area contributed by atoms with E-state index in [2.05, 4.69) is 4.90 Å². The molecule has 0 spiro atoms. The molecule has 0 N–H and O–H groups in total. The SMILES string of the molecule is Cc1ccc2c(c1)C(=O)N(CCC(=O)N1CCN(Cc3ccc(Cl)cc3)CC1)C2=O. The van der Waals surface area contributed by atoms with Crippen molar-refractivity contribution in [1.29, 1.82) is 0 Å². The number of hydrogen-bond acceptors (Lipinski definition) is 4. The molecule has 0 unspecified atom stereocenters. The van der Waals surface area contributed by atoms with Gasteiger partial charge in [0, 0.05) is 50.7 Å². The summed E-state index contributed by atoms with van der Waals surface area (Å²) in [7, 11) is 0. The lowest BCUT2D eigenvalue weighted by Gasteiger charge is -2.35. The highest BCUT2D eigenvalue weighted by Crippen LogP contribution is 2.24. The van der Waals surface area contributed by atoms with E-state index in [1.807, 2.05) is 42.2 Å². The van der Waals surface area contributed by atoms with Gasteiger partial charge in [-0.3, -0.25) is 24.2 Å². The van der Waals surface area contributed by atoms with Gasteiger partial charge in [-0.25, -0.2) is 0 Å². The molecule has 0 bridgehead atoms. The number of benzene rings is 2. The Morgan fingerprint density at radius 1 is 0.933 bits per heavy atom. The first-order chi connectivity index (χ1) is 14.4. The summed E-state index contributed by atoms with van der Waals surface area (Å²) in [6.07, 6.45) is 0.154. The van der Waals surface area contributed by atoms with Gasteiger partial charge in [0.2, 0.25) is 5.91 Å². The van der Waals surface area contributed by atoms with Crippen LogP contribution in [0.5, 0.6) is 0 Å².